The van der Waals surface area contributed by atoms with Crippen molar-refractivity contribution >= 4 is 17.7 Å². The molecule has 0 radical (unpaired) electrons. The molecule has 8 nitrogen and oxygen atoms in total. The van der Waals surface area contributed by atoms with Crippen LogP contribution in [-0.4, -0.2) is 93.1 Å². The van der Waals surface area contributed by atoms with Gasteiger partial charge in [0.1, 0.15) is 11.6 Å². The summed E-state index contributed by atoms with van der Waals surface area (Å²) in [6.45, 7) is 10.9. The number of nitrogens with zero attached hydrogens (tertiary/aromatic N) is 3. The van der Waals surface area contributed by atoms with Gasteiger partial charge in [-0.05, 0) is 33.6 Å². The number of aliphatic hydroxyl groups is 1. The van der Waals surface area contributed by atoms with Crippen LogP contribution in [-0.2, 0) is 19.1 Å². The number of ether oxygens (including phenoxy) is 1. The molecule has 4 heterocycles. The van der Waals surface area contributed by atoms with Crippen molar-refractivity contribution in [1.29, 1.82) is 0 Å². The van der Waals surface area contributed by atoms with Gasteiger partial charge in [0.2, 0.25) is 17.7 Å². The lowest BCUT2D eigenvalue weighted by atomic mass is 9.74. The fourth-order valence-corrected chi connectivity index (χ4v) is 6.27. The van der Waals surface area contributed by atoms with Crippen molar-refractivity contribution in [2.75, 3.05) is 26.2 Å². The largest absolute Gasteiger partial charge is 0.394 e. The van der Waals surface area contributed by atoms with Gasteiger partial charge in [0.25, 0.3) is 0 Å². The first-order chi connectivity index (χ1) is 15.7. The molecule has 1 N–H and O–H groups in total. The topological polar surface area (TPSA) is 90.4 Å². The van der Waals surface area contributed by atoms with Gasteiger partial charge in [0.15, 0.2) is 0 Å². The van der Waals surface area contributed by atoms with Gasteiger partial charge in [-0.25, -0.2) is 0 Å². The Morgan fingerprint density at radius 3 is 2.36 bits per heavy atom. The third kappa shape index (κ3) is 3.36. The maximum Gasteiger partial charge on any atom is 0.249 e. The van der Waals surface area contributed by atoms with Gasteiger partial charge in [-0.15, -0.1) is 0 Å². The van der Waals surface area contributed by atoms with Crippen LogP contribution in [0.2, 0.25) is 0 Å². The second kappa shape index (κ2) is 8.55. The number of amides is 3. The van der Waals surface area contributed by atoms with E-state index in [1.165, 1.54) is 4.90 Å². The Bertz CT molecular complexity index is 881. The van der Waals surface area contributed by atoms with Crippen molar-refractivity contribution < 1.29 is 24.2 Å². The third-order valence-corrected chi connectivity index (χ3v) is 7.80. The van der Waals surface area contributed by atoms with Gasteiger partial charge in [0, 0.05) is 25.7 Å². The zero-order valence-corrected chi connectivity index (χ0v) is 20.4. The van der Waals surface area contributed by atoms with Crippen molar-refractivity contribution in [1.82, 2.24) is 14.7 Å². The van der Waals surface area contributed by atoms with Gasteiger partial charge in [0.05, 0.1) is 30.1 Å². The molecule has 0 aliphatic carbocycles. The van der Waals surface area contributed by atoms with Crippen molar-refractivity contribution in [3.63, 3.8) is 0 Å². The van der Waals surface area contributed by atoms with Crippen molar-refractivity contribution in [3.8, 4) is 0 Å². The first kappa shape index (κ1) is 24.0. The van der Waals surface area contributed by atoms with E-state index in [1.807, 2.05) is 58.9 Å². The lowest BCUT2D eigenvalue weighted by Crippen LogP contribution is -2.59. The minimum absolute atomic E-state index is 0.0634. The molecule has 0 aromatic heterocycles. The molecule has 182 valence electrons. The van der Waals surface area contributed by atoms with Crippen LogP contribution in [0.1, 0.15) is 47.5 Å². The minimum Gasteiger partial charge on any atom is -0.394 e. The molecule has 2 fully saturated rings. The SMILES string of the molecule is CCCN1CC=C[C@@]2(C)O[C@]34C=CCN(C(C)C)C(=O)C3N([C@@H](CC)CO)C(=O)[C@@H]4[C@H]2C1=O. The summed E-state index contributed by atoms with van der Waals surface area (Å²) in [5.74, 6) is -2.14. The van der Waals surface area contributed by atoms with Gasteiger partial charge in [-0.3, -0.25) is 14.4 Å². The van der Waals surface area contributed by atoms with E-state index in [9.17, 15) is 19.5 Å². The van der Waals surface area contributed by atoms with E-state index < -0.39 is 35.1 Å². The number of hydrogen-bond acceptors (Lipinski definition) is 5. The molecule has 3 amide bonds. The van der Waals surface area contributed by atoms with Crippen LogP contribution in [0.3, 0.4) is 0 Å². The molecule has 2 saturated heterocycles. The highest BCUT2D eigenvalue weighted by atomic mass is 16.5. The van der Waals surface area contributed by atoms with E-state index in [0.29, 0.717) is 26.1 Å². The molecule has 0 aromatic rings. The first-order valence-electron chi connectivity index (χ1n) is 12.2. The summed E-state index contributed by atoms with van der Waals surface area (Å²) < 4.78 is 6.75. The Morgan fingerprint density at radius 2 is 1.76 bits per heavy atom. The lowest BCUT2D eigenvalue weighted by molar-refractivity contribution is -0.156. The predicted octanol–water partition coefficient (Wildman–Crippen LogP) is 1.34. The zero-order valence-electron chi connectivity index (χ0n) is 20.4. The van der Waals surface area contributed by atoms with Crippen LogP contribution in [0, 0.1) is 11.8 Å². The Morgan fingerprint density at radius 1 is 1.06 bits per heavy atom. The molecule has 0 saturated carbocycles. The van der Waals surface area contributed by atoms with Crippen molar-refractivity contribution in [2.45, 2.75) is 76.8 Å². The molecule has 8 heteroatoms. The Labute approximate surface area is 196 Å². The second-order valence-electron chi connectivity index (χ2n) is 10.2. The van der Waals surface area contributed by atoms with Crippen molar-refractivity contribution in [3.05, 3.63) is 24.3 Å². The number of fused-ring (bicyclic) bond motifs is 2. The lowest BCUT2D eigenvalue weighted by Gasteiger charge is -2.40. The molecular formula is C25H37N3O5. The molecule has 0 bridgehead atoms. The number of carbonyl (C=O) groups is 3. The Hall–Kier alpha value is -2.19. The van der Waals surface area contributed by atoms with Crippen molar-refractivity contribution in [2.24, 2.45) is 11.8 Å². The molecule has 4 aliphatic rings. The van der Waals surface area contributed by atoms with Crippen LogP contribution in [0.25, 0.3) is 0 Å². The summed E-state index contributed by atoms with van der Waals surface area (Å²) in [6, 6.07) is -1.50. The van der Waals surface area contributed by atoms with Gasteiger partial charge < -0.3 is 24.5 Å². The maximum absolute atomic E-state index is 14.1. The monoisotopic (exact) mass is 459 g/mol. The Balaban J connectivity index is 1.90. The summed E-state index contributed by atoms with van der Waals surface area (Å²) >= 11 is 0. The molecule has 33 heavy (non-hydrogen) atoms. The summed E-state index contributed by atoms with van der Waals surface area (Å²) in [4.78, 5) is 46.9. The quantitative estimate of drug-likeness (QED) is 0.606. The van der Waals surface area contributed by atoms with E-state index in [-0.39, 0.29) is 30.4 Å². The molecule has 4 aliphatic heterocycles. The average Bonchev–Trinajstić information content (AvgIpc) is 3.03. The van der Waals surface area contributed by atoms with E-state index in [2.05, 4.69) is 0 Å². The Kier molecular flexibility index (Phi) is 6.20. The smallest absolute Gasteiger partial charge is 0.249 e. The van der Waals surface area contributed by atoms with E-state index in [1.54, 1.807) is 9.80 Å². The second-order valence-corrected chi connectivity index (χ2v) is 10.2. The zero-order chi connectivity index (χ0) is 24.1. The predicted molar refractivity (Wildman–Crippen MR) is 123 cm³/mol. The number of rotatable bonds is 6. The summed E-state index contributed by atoms with van der Waals surface area (Å²) in [6.07, 6.45) is 8.90. The number of carbonyl (C=O) groups excluding carboxylic acids is 3. The highest BCUT2D eigenvalue weighted by Crippen LogP contribution is 2.58. The molecule has 6 atom stereocenters. The summed E-state index contributed by atoms with van der Waals surface area (Å²) in [7, 11) is 0. The molecular weight excluding hydrogens is 422 g/mol. The fraction of sp³-hybridized carbons (Fsp3) is 0.720. The highest BCUT2D eigenvalue weighted by Gasteiger charge is 2.75. The normalized spacial score (nSPS) is 36.8. The molecule has 1 spiro atoms. The van der Waals surface area contributed by atoms with E-state index >= 15 is 0 Å². The first-order valence-corrected chi connectivity index (χ1v) is 12.2. The van der Waals surface area contributed by atoms with Crippen LogP contribution in [0.4, 0.5) is 0 Å². The maximum atomic E-state index is 14.1. The van der Waals surface area contributed by atoms with Gasteiger partial charge in [-0.2, -0.15) is 0 Å². The summed E-state index contributed by atoms with van der Waals surface area (Å²) in [5.41, 5.74) is -2.25. The third-order valence-electron chi connectivity index (χ3n) is 7.80. The van der Waals surface area contributed by atoms with Crippen LogP contribution in [0.15, 0.2) is 24.3 Å². The molecule has 0 aromatic carbocycles. The van der Waals surface area contributed by atoms with Crippen LogP contribution in [0.5, 0.6) is 0 Å². The number of aliphatic hydroxyl groups excluding tert-OH is 1. The molecule has 1 unspecified atom stereocenters. The van der Waals surface area contributed by atoms with Crippen LogP contribution >= 0.6 is 0 Å². The van der Waals surface area contributed by atoms with Crippen LogP contribution < -0.4 is 0 Å². The standard InChI is InChI=1S/C25H37N3O5/c1-6-12-26-13-8-10-24(5)18(21(26)30)19-22(31)28(17(7-2)15-29)20-23(32)27(16(3)4)14-9-11-25(19,20)33-24/h8-11,16-20,29H,6-7,12-15H2,1-5H3/t17-,18-,19-,20?,24+,25-/m0/s1. The fourth-order valence-electron chi connectivity index (χ4n) is 6.27. The summed E-state index contributed by atoms with van der Waals surface area (Å²) in [5, 5.41) is 10.1. The minimum atomic E-state index is -1.25. The number of hydrogen-bond donors (Lipinski definition) is 1. The number of likely N-dealkylation sites (tertiary alicyclic amines) is 1. The highest BCUT2D eigenvalue weighted by molar-refractivity contribution is 6.00. The molecule has 4 rings (SSSR count). The van der Waals surface area contributed by atoms with Gasteiger partial charge in [-0.1, -0.05) is 38.2 Å². The van der Waals surface area contributed by atoms with Gasteiger partial charge >= 0.3 is 0 Å². The van der Waals surface area contributed by atoms with E-state index in [4.69, 9.17) is 4.74 Å². The van der Waals surface area contributed by atoms with E-state index in [0.717, 1.165) is 6.42 Å². The average molecular weight is 460 g/mol.